The van der Waals surface area contributed by atoms with Crippen molar-refractivity contribution in [2.24, 2.45) is 0 Å². The highest BCUT2D eigenvalue weighted by atomic mass is 16.5. The van der Waals surface area contributed by atoms with Crippen molar-refractivity contribution in [2.45, 2.75) is 45.2 Å². The highest BCUT2D eigenvalue weighted by Gasteiger charge is 2.33. The SMILES string of the molecule is COc1ccc2c(c1)CC(C)N(C(=O)c1ccc3c(c1)CCC(=O)N3)C2C. The predicted molar refractivity (Wildman–Crippen MR) is 104 cm³/mol. The number of methoxy groups -OCH3 is 1. The monoisotopic (exact) mass is 364 g/mol. The first-order valence-electron chi connectivity index (χ1n) is 9.40. The number of hydrogen-bond acceptors (Lipinski definition) is 3. The van der Waals surface area contributed by atoms with Crippen LogP contribution in [0.3, 0.4) is 0 Å². The summed E-state index contributed by atoms with van der Waals surface area (Å²) < 4.78 is 5.34. The first kappa shape index (κ1) is 17.6. The lowest BCUT2D eigenvalue weighted by molar-refractivity contribution is -0.116. The van der Waals surface area contributed by atoms with Crippen LogP contribution in [0, 0.1) is 0 Å². The van der Waals surface area contributed by atoms with Crippen LogP contribution in [0.25, 0.3) is 0 Å². The van der Waals surface area contributed by atoms with Crippen molar-refractivity contribution in [3.8, 4) is 5.75 Å². The molecule has 2 heterocycles. The molecule has 0 saturated carbocycles. The summed E-state index contributed by atoms with van der Waals surface area (Å²) in [6.07, 6.45) is 1.95. The second-order valence-corrected chi connectivity index (χ2v) is 7.43. The van der Waals surface area contributed by atoms with Gasteiger partial charge in [0.05, 0.1) is 13.2 Å². The van der Waals surface area contributed by atoms with Gasteiger partial charge in [-0.05, 0) is 73.7 Å². The fraction of sp³-hybridized carbons (Fsp3) is 0.364. The van der Waals surface area contributed by atoms with Gasteiger partial charge in [0.1, 0.15) is 5.75 Å². The summed E-state index contributed by atoms with van der Waals surface area (Å²) in [5.74, 6) is 0.924. The van der Waals surface area contributed by atoms with Crippen LogP contribution >= 0.6 is 0 Å². The molecule has 2 aliphatic heterocycles. The van der Waals surface area contributed by atoms with Crippen LogP contribution in [-0.2, 0) is 17.6 Å². The maximum absolute atomic E-state index is 13.3. The maximum atomic E-state index is 13.3. The summed E-state index contributed by atoms with van der Waals surface area (Å²) in [4.78, 5) is 26.8. The number of carbonyl (C=O) groups is 2. The molecule has 4 rings (SSSR count). The summed E-state index contributed by atoms with van der Waals surface area (Å²) in [6.45, 7) is 4.17. The highest BCUT2D eigenvalue weighted by Crippen LogP contribution is 2.36. The fourth-order valence-corrected chi connectivity index (χ4v) is 4.28. The van der Waals surface area contributed by atoms with Gasteiger partial charge >= 0.3 is 0 Å². The molecule has 0 radical (unpaired) electrons. The number of carbonyl (C=O) groups excluding carboxylic acids is 2. The van der Waals surface area contributed by atoms with Gasteiger partial charge in [-0.25, -0.2) is 0 Å². The third-order valence-electron chi connectivity index (χ3n) is 5.69. The van der Waals surface area contributed by atoms with Gasteiger partial charge in [0.25, 0.3) is 5.91 Å². The number of amides is 2. The van der Waals surface area contributed by atoms with Crippen LogP contribution < -0.4 is 10.1 Å². The highest BCUT2D eigenvalue weighted by molar-refractivity contribution is 5.98. The summed E-state index contributed by atoms with van der Waals surface area (Å²) in [6, 6.07) is 11.8. The average molecular weight is 364 g/mol. The molecule has 2 amide bonds. The minimum atomic E-state index is -0.00195. The molecule has 0 saturated heterocycles. The van der Waals surface area contributed by atoms with E-state index in [2.05, 4.69) is 31.3 Å². The Kier molecular flexibility index (Phi) is 4.38. The van der Waals surface area contributed by atoms with Crippen LogP contribution in [0.5, 0.6) is 5.75 Å². The molecule has 27 heavy (non-hydrogen) atoms. The van der Waals surface area contributed by atoms with E-state index < -0.39 is 0 Å². The molecule has 0 fully saturated rings. The Morgan fingerprint density at radius 1 is 1.11 bits per heavy atom. The van der Waals surface area contributed by atoms with Gasteiger partial charge < -0.3 is 15.0 Å². The van der Waals surface area contributed by atoms with Crippen molar-refractivity contribution in [3.05, 3.63) is 58.7 Å². The smallest absolute Gasteiger partial charge is 0.254 e. The number of nitrogens with one attached hydrogen (secondary N) is 1. The number of anilines is 1. The zero-order chi connectivity index (χ0) is 19.1. The number of benzene rings is 2. The minimum Gasteiger partial charge on any atom is -0.497 e. The predicted octanol–water partition coefficient (Wildman–Crippen LogP) is 3.73. The van der Waals surface area contributed by atoms with E-state index in [0.29, 0.717) is 18.4 Å². The Bertz CT molecular complexity index is 922. The molecule has 0 spiro atoms. The Morgan fingerprint density at radius 2 is 1.93 bits per heavy atom. The molecule has 2 unspecified atom stereocenters. The third-order valence-corrected chi connectivity index (χ3v) is 5.69. The number of aryl methyl sites for hydroxylation is 1. The van der Waals surface area contributed by atoms with Gasteiger partial charge in [0.15, 0.2) is 0 Å². The molecule has 0 aromatic heterocycles. The van der Waals surface area contributed by atoms with E-state index in [-0.39, 0.29) is 23.9 Å². The largest absolute Gasteiger partial charge is 0.497 e. The summed E-state index contributed by atoms with van der Waals surface area (Å²) >= 11 is 0. The first-order valence-corrected chi connectivity index (χ1v) is 9.40. The minimum absolute atomic E-state index is 0.00195. The summed E-state index contributed by atoms with van der Waals surface area (Å²) in [5.41, 5.74) is 4.95. The van der Waals surface area contributed by atoms with E-state index in [1.807, 2.05) is 29.2 Å². The van der Waals surface area contributed by atoms with Crippen molar-refractivity contribution in [3.63, 3.8) is 0 Å². The second kappa shape index (κ2) is 6.72. The zero-order valence-corrected chi connectivity index (χ0v) is 15.9. The van der Waals surface area contributed by atoms with Gasteiger partial charge in [-0.2, -0.15) is 0 Å². The van der Waals surface area contributed by atoms with Crippen molar-refractivity contribution >= 4 is 17.5 Å². The van der Waals surface area contributed by atoms with Gasteiger partial charge in [-0.1, -0.05) is 6.07 Å². The Labute approximate surface area is 159 Å². The number of ether oxygens (including phenoxy) is 1. The number of nitrogens with zero attached hydrogens (tertiary/aromatic N) is 1. The Morgan fingerprint density at radius 3 is 2.70 bits per heavy atom. The van der Waals surface area contributed by atoms with Crippen LogP contribution in [-0.4, -0.2) is 29.9 Å². The van der Waals surface area contributed by atoms with E-state index in [0.717, 1.165) is 23.4 Å². The maximum Gasteiger partial charge on any atom is 0.254 e. The van der Waals surface area contributed by atoms with Crippen molar-refractivity contribution in [1.82, 2.24) is 4.90 Å². The van der Waals surface area contributed by atoms with Crippen LogP contribution in [0.1, 0.15) is 53.4 Å². The molecule has 2 aromatic rings. The molecule has 140 valence electrons. The van der Waals surface area contributed by atoms with Crippen molar-refractivity contribution in [2.75, 3.05) is 12.4 Å². The van der Waals surface area contributed by atoms with E-state index in [1.165, 1.54) is 11.1 Å². The van der Waals surface area contributed by atoms with Gasteiger partial charge in [0.2, 0.25) is 5.91 Å². The van der Waals surface area contributed by atoms with Gasteiger partial charge in [-0.15, -0.1) is 0 Å². The van der Waals surface area contributed by atoms with Crippen LogP contribution in [0.2, 0.25) is 0 Å². The van der Waals surface area contributed by atoms with E-state index in [1.54, 1.807) is 7.11 Å². The molecule has 1 N–H and O–H groups in total. The number of rotatable bonds is 2. The molecule has 2 aliphatic rings. The van der Waals surface area contributed by atoms with Gasteiger partial charge in [0, 0.05) is 23.7 Å². The van der Waals surface area contributed by atoms with E-state index >= 15 is 0 Å². The fourth-order valence-electron chi connectivity index (χ4n) is 4.28. The molecule has 2 aromatic carbocycles. The molecular weight excluding hydrogens is 340 g/mol. The number of fused-ring (bicyclic) bond motifs is 2. The van der Waals surface area contributed by atoms with Crippen LogP contribution in [0.4, 0.5) is 5.69 Å². The average Bonchev–Trinajstić information content (AvgIpc) is 2.66. The van der Waals surface area contributed by atoms with Gasteiger partial charge in [-0.3, -0.25) is 9.59 Å². The molecule has 2 atom stereocenters. The van der Waals surface area contributed by atoms with E-state index in [4.69, 9.17) is 4.74 Å². The van der Waals surface area contributed by atoms with E-state index in [9.17, 15) is 9.59 Å². The first-order chi connectivity index (χ1) is 13.0. The standard InChI is InChI=1S/C22H24N2O3/c1-13-10-17-12-18(27-3)6-7-19(17)14(2)24(13)22(26)16-4-8-20-15(11-16)5-9-21(25)23-20/h4,6-8,11-14H,5,9-10H2,1-3H3,(H,23,25). The summed E-state index contributed by atoms with van der Waals surface area (Å²) in [7, 11) is 1.67. The molecule has 5 nitrogen and oxygen atoms in total. The number of hydrogen-bond donors (Lipinski definition) is 1. The molecule has 5 heteroatoms. The molecule has 0 aliphatic carbocycles. The molecular formula is C22H24N2O3. The normalized spacial score (nSPS) is 21.1. The quantitative estimate of drug-likeness (QED) is 0.883. The summed E-state index contributed by atoms with van der Waals surface area (Å²) in [5, 5.41) is 2.87. The lowest BCUT2D eigenvalue weighted by Gasteiger charge is -2.40. The topological polar surface area (TPSA) is 58.6 Å². The Balaban J connectivity index is 1.64. The van der Waals surface area contributed by atoms with Crippen molar-refractivity contribution < 1.29 is 14.3 Å². The Hall–Kier alpha value is -2.82. The lowest BCUT2D eigenvalue weighted by Crippen LogP contribution is -2.45. The molecule has 0 bridgehead atoms. The third kappa shape index (κ3) is 3.07. The van der Waals surface area contributed by atoms with Crippen molar-refractivity contribution in [1.29, 1.82) is 0 Å². The van der Waals surface area contributed by atoms with Crippen LogP contribution in [0.15, 0.2) is 36.4 Å². The second-order valence-electron chi connectivity index (χ2n) is 7.43. The zero-order valence-electron chi connectivity index (χ0n) is 15.9. The lowest BCUT2D eigenvalue weighted by atomic mass is 9.88.